The predicted molar refractivity (Wildman–Crippen MR) is 330 cm³/mol. The molecule has 492 valence electrons. The average Bonchev–Trinajstić information content (AvgIpc) is 0.908. The quantitative estimate of drug-likeness (QED) is 0.0292. The number of ether oxygens (including phenoxy) is 1. The van der Waals surface area contributed by atoms with Crippen molar-refractivity contribution >= 4 is 86.7 Å². The van der Waals surface area contributed by atoms with Crippen molar-refractivity contribution in [2.75, 3.05) is 12.8 Å². The number of hydrogen-bond donors (Lipinski definition) is 7. The Hall–Kier alpha value is -9.97. The van der Waals surface area contributed by atoms with Crippen molar-refractivity contribution in [2.45, 2.75) is 13.0 Å². The van der Waals surface area contributed by atoms with Gasteiger partial charge in [0.05, 0.1) is 34.2 Å². The Kier molecular flexibility index (Phi) is 29.4. The first kappa shape index (κ1) is 74.8. The highest BCUT2D eigenvalue weighted by atomic mass is 31.3. The molecule has 0 saturated carbocycles. The van der Waals surface area contributed by atoms with Gasteiger partial charge in [-0.25, -0.2) is 56.4 Å². The number of benzene rings is 8. The lowest BCUT2D eigenvalue weighted by molar-refractivity contribution is -0.136. The summed E-state index contributed by atoms with van der Waals surface area (Å²) in [5.41, 5.74) is 1.66. The molecule has 8 aromatic carbocycles. The third kappa shape index (κ3) is 29.5. The van der Waals surface area contributed by atoms with E-state index in [-0.39, 0.29) is 46.6 Å². The number of hydrogen-bond acceptors (Lipinski definition) is 22. The minimum absolute atomic E-state index is 0.0200. The molecule has 0 aromatic heterocycles. The number of nitrogens with one attached hydrogen (secondary N) is 2. The number of carbonyl (C=O) groups excluding carboxylic acids is 8. The number of alkyl carbamates (subject to hydrolysis) is 1. The van der Waals surface area contributed by atoms with Gasteiger partial charge in [-0.05, 0) is 83.9 Å². The zero-order chi connectivity index (χ0) is 68.6. The van der Waals surface area contributed by atoms with Crippen LogP contribution in [0.3, 0.4) is 0 Å². The van der Waals surface area contributed by atoms with E-state index in [2.05, 4.69) is 42.1 Å². The normalized spacial score (nSPS) is 13.0. The third-order valence-corrected chi connectivity index (χ3v) is 15.8. The lowest BCUT2D eigenvalue weighted by atomic mass is 10.1. The van der Waals surface area contributed by atoms with Crippen LogP contribution >= 0.6 is 38.9 Å². The summed E-state index contributed by atoms with van der Waals surface area (Å²) >= 11 is 0. The van der Waals surface area contributed by atoms with E-state index in [1.165, 1.54) is 97.1 Å². The second kappa shape index (κ2) is 36.9. The van der Waals surface area contributed by atoms with Crippen molar-refractivity contribution in [1.82, 2.24) is 10.6 Å². The fourth-order valence-electron chi connectivity index (χ4n) is 6.65. The predicted octanol–water partition coefficient (Wildman–Crippen LogP) is 10.7. The van der Waals surface area contributed by atoms with Crippen molar-refractivity contribution in [3.63, 3.8) is 0 Å². The molecule has 0 aliphatic heterocycles. The summed E-state index contributed by atoms with van der Waals surface area (Å²) in [6, 6.07) is 62.9. The van der Waals surface area contributed by atoms with E-state index < -0.39 is 99.5 Å². The van der Waals surface area contributed by atoms with Gasteiger partial charge in [0, 0.05) is 0 Å². The molecule has 0 spiro atoms. The number of phosphoric acid groups is 4. The summed E-state index contributed by atoms with van der Waals surface area (Å²) in [7, 11) is -24.4. The number of phosphoric ester groups is 4. The number of carbonyl (C=O) groups is 8. The maximum atomic E-state index is 11.8. The molecular weight excluding hydrogens is 1340 g/mol. The maximum absolute atomic E-state index is 11.8. The lowest BCUT2D eigenvalue weighted by Gasteiger charge is -2.15. The van der Waals surface area contributed by atoms with Crippen LogP contribution in [0.15, 0.2) is 243 Å². The summed E-state index contributed by atoms with van der Waals surface area (Å²) in [4.78, 5) is 141. The van der Waals surface area contributed by atoms with Crippen molar-refractivity contribution in [2.24, 2.45) is 0 Å². The zero-order valence-corrected chi connectivity index (χ0v) is 52.8. The molecule has 2 amide bonds. The molecule has 4 unspecified atom stereocenters. The lowest BCUT2D eigenvalue weighted by Crippen LogP contribution is -2.31. The van der Waals surface area contributed by atoms with Crippen LogP contribution in [-0.2, 0) is 81.6 Å². The van der Waals surface area contributed by atoms with E-state index in [1.807, 2.05) is 12.1 Å². The zero-order valence-electron chi connectivity index (χ0n) is 48.4. The first-order valence-corrected chi connectivity index (χ1v) is 34.3. The Bertz CT molecular complexity index is 3930. The molecule has 0 aliphatic carbocycles. The summed E-state index contributed by atoms with van der Waals surface area (Å²) in [5, 5.41) is 4.41. The maximum Gasteiger partial charge on any atom is 0.589 e. The van der Waals surface area contributed by atoms with Crippen LogP contribution in [0.5, 0.6) is 5.75 Å². The van der Waals surface area contributed by atoms with Gasteiger partial charge >= 0.3 is 80.8 Å². The molecule has 0 aliphatic rings. The monoisotopic (exact) mass is 1390 g/mol. The molecule has 8 rings (SSSR count). The van der Waals surface area contributed by atoms with Gasteiger partial charge in [-0.3, -0.25) is 24.4 Å². The molecular formula is C60H55N2O27P5. The van der Waals surface area contributed by atoms with Crippen molar-refractivity contribution in [3.8, 4) is 5.75 Å². The fraction of sp³-hybridized carbons (Fsp3) is 0.0667. The number of rotatable bonds is 23. The van der Waals surface area contributed by atoms with Gasteiger partial charge in [-0.1, -0.05) is 170 Å². The van der Waals surface area contributed by atoms with Gasteiger partial charge in [0.25, 0.3) is 0 Å². The second-order valence-electron chi connectivity index (χ2n) is 18.0. The number of amides is 2. The van der Waals surface area contributed by atoms with Gasteiger partial charge in [0.2, 0.25) is 5.91 Å². The highest BCUT2D eigenvalue weighted by molar-refractivity contribution is 7.61. The molecule has 7 N–H and O–H groups in total. The summed E-state index contributed by atoms with van der Waals surface area (Å²) in [6.07, 6.45) is -1.53. The van der Waals surface area contributed by atoms with Crippen LogP contribution in [0, 0.1) is 0 Å². The Morgan fingerprint density at radius 1 is 0.340 bits per heavy atom. The molecule has 34 heteroatoms. The van der Waals surface area contributed by atoms with Crippen LogP contribution in [-0.4, -0.2) is 85.1 Å². The van der Waals surface area contributed by atoms with Gasteiger partial charge in [0.1, 0.15) is 25.2 Å². The van der Waals surface area contributed by atoms with E-state index in [9.17, 15) is 85.6 Å². The molecule has 0 saturated heterocycles. The second-order valence-corrected chi connectivity index (χ2v) is 25.3. The van der Waals surface area contributed by atoms with E-state index in [1.54, 1.807) is 133 Å². The smallest absolute Gasteiger partial charge is 0.445 e. The summed E-state index contributed by atoms with van der Waals surface area (Å²) in [5.74, 6) is -6.97. The first-order valence-electron chi connectivity index (χ1n) is 26.6. The third-order valence-electron chi connectivity index (χ3n) is 10.7. The van der Waals surface area contributed by atoms with Gasteiger partial charge < -0.3 is 51.9 Å². The van der Waals surface area contributed by atoms with Crippen molar-refractivity contribution in [3.05, 3.63) is 282 Å². The largest absolute Gasteiger partial charge is 0.589 e. The van der Waals surface area contributed by atoms with Gasteiger partial charge in [0.15, 0.2) is 0 Å². The molecule has 0 radical (unpaired) electrons. The minimum Gasteiger partial charge on any atom is -0.445 e. The average molecular weight is 1390 g/mol. The molecule has 0 heterocycles. The van der Waals surface area contributed by atoms with Crippen molar-refractivity contribution in [1.29, 1.82) is 0 Å². The van der Waals surface area contributed by atoms with Gasteiger partial charge in [-0.15, -0.1) is 0 Å². The number of para-hydroxylation sites is 1. The fourth-order valence-corrected chi connectivity index (χ4v) is 10.8. The van der Waals surface area contributed by atoms with Crippen molar-refractivity contribution < 1.29 is 126 Å². The SMILES string of the molecule is O=C(Cc1ccccc1)NCC(=O)OP(=O)(O)Oc1ccccc1.O=C(NCP(=O)(O)OC(=O)c1ccccc1)OCc1ccccc1.O=C(OP(=O)(O)OC(=O)c1ccccc1)c1ccccc1.O=C(OP(=O)(O)OP(=O)(O)OC(=O)c1ccccc1)c1ccccc1. The van der Waals surface area contributed by atoms with Crippen LogP contribution in [0.4, 0.5) is 4.79 Å². The Morgan fingerprint density at radius 2 is 0.649 bits per heavy atom. The highest BCUT2D eigenvalue weighted by Gasteiger charge is 2.41. The molecule has 29 nitrogen and oxygen atoms in total. The summed E-state index contributed by atoms with van der Waals surface area (Å²) < 4.78 is 98.1. The van der Waals surface area contributed by atoms with E-state index in [4.69, 9.17) is 9.26 Å². The first-order chi connectivity index (χ1) is 44.6. The Balaban J connectivity index is 0.000000227. The van der Waals surface area contributed by atoms with E-state index in [0.717, 1.165) is 11.1 Å². The molecule has 8 aromatic rings. The molecule has 4 atom stereocenters. The standard InChI is InChI=1S/2C16H16NO6P.C14H12O9P2.C14H11O6P/c18-15(14-9-5-2-6-10-14)23-24(20,21)12-17-16(19)22-11-13-7-3-1-4-8-13;18-15(11-13-7-3-1-4-8-13)17-12-16(19)23-24(20,21)22-14-9-5-2-6-10-14;15-13(11-7-3-1-4-8-11)21-24(17,18)23-25(19,20)22-14(16)12-9-5-2-6-10-12;15-13(11-7-3-1-4-8-11)19-21(17,18)20-14(16)12-9-5-2-6-10-12/h1-10H,11-12H2,(H,17,19)(H,20,21);1-10H,11-12H2,(H,17,18)(H,20,21);1-10H,(H,17,18)(H,19,20);1-10H,(H,17,18). The van der Waals surface area contributed by atoms with Gasteiger partial charge in [-0.2, -0.15) is 4.31 Å². The van der Waals surface area contributed by atoms with E-state index >= 15 is 0 Å². The Morgan fingerprint density at radius 3 is 1.01 bits per heavy atom. The van der Waals surface area contributed by atoms with Crippen LogP contribution in [0.25, 0.3) is 0 Å². The highest BCUT2D eigenvalue weighted by Crippen LogP contribution is 2.61. The van der Waals surface area contributed by atoms with Crippen LogP contribution in [0.1, 0.15) is 62.9 Å². The summed E-state index contributed by atoms with van der Waals surface area (Å²) in [6.45, 7) is -0.513. The van der Waals surface area contributed by atoms with Crippen LogP contribution < -0.4 is 15.2 Å². The molecule has 94 heavy (non-hydrogen) atoms. The molecule has 0 bridgehead atoms. The molecule has 0 fully saturated rings. The van der Waals surface area contributed by atoms with Crippen LogP contribution in [0.2, 0.25) is 0 Å². The topological polar surface area (TPSA) is 430 Å². The van der Waals surface area contributed by atoms with E-state index in [0.29, 0.717) is 0 Å². The Labute approximate surface area is 534 Å². The minimum atomic E-state index is -5.32.